The molecule has 1 N–H and O–H groups in total. The molecule has 2 bridgehead atoms. The second-order valence-electron chi connectivity index (χ2n) is 7.72. The maximum absolute atomic E-state index is 9.17. The van der Waals surface area contributed by atoms with E-state index in [1.807, 2.05) is 24.3 Å². The highest BCUT2D eigenvalue weighted by Crippen LogP contribution is 2.35. The van der Waals surface area contributed by atoms with Crippen LogP contribution in [0, 0.1) is 5.92 Å². The van der Waals surface area contributed by atoms with Gasteiger partial charge >= 0.3 is 0 Å². The molecule has 1 atom stereocenters. The maximum atomic E-state index is 9.17. The Balaban J connectivity index is 1.35. The Kier molecular flexibility index (Phi) is 4.26. The summed E-state index contributed by atoms with van der Waals surface area (Å²) in [5.74, 6) is 0.744. The second kappa shape index (κ2) is 6.91. The van der Waals surface area contributed by atoms with Crippen molar-refractivity contribution in [3.05, 3.63) is 60.3 Å². The summed E-state index contributed by atoms with van der Waals surface area (Å²) in [6.07, 6.45) is 4.67. The number of piperidine rings is 3. The van der Waals surface area contributed by atoms with Gasteiger partial charge in [-0.1, -0.05) is 53.7 Å². The highest BCUT2D eigenvalue weighted by Gasteiger charge is 2.35. The molecule has 2 aromatic carbocycles. The van der Waals surface area contributed by atoms with Gasteiger partial charge in [-0.2, -0.15) is 0 Å². The molecular formula is C22H24N4O. The zero-order valence-electron chi connectivity index (χ0n) is 15.3. The van der Waals surface area contributed by atoms with E-state index in [1.165, 1.54) is 25.9 Å². The summed E-state index contributed by atoms with van der Waals surface area (Å²) in [7, 11) is 0. The van der Waals surface area contributed by atoms with E-state index in [0.29, 0.717) is 6.04 Å². The van der Waals surface area contributed by atoms with E-state index in [-0.39, 0.29) is 6.61 Å². The van der Waals surface area contributed by atoms with Crippen LogP contribution < -0.4 is 0 Å². The molecule has 5 heteroatoms. The van der Waals surface area contributed by atoms with Crippen molar-refractivity contribution in [2.75, 3.05) is 19.6 Å². The third-order valence-corrected chi connectivity index (χ3v) is 6.12. The number of hydrogen-bond donors (Lipinski definition) is 1. The fourth-order valence-electron chi connectivity index (χ4n) is 4.44. The molecule has 4 heterocycles. The number of hydrogen-bond acceptors (Lipinski definition) is 4. The summed E-state index contributed by atoms with van der Waals surface area (Å²) in [6.45, 7) is 3.66. The predicted octanol–water partition coefficient (Wildman–Crippen LogP) is 3.37. The Hall–Kier alpha value is -2.50. The monoisotopic (exact) mass is 360 g/mol. The third-order valence-electron chi connectivity index (χ3n) is 6.12. The van der Waals surface area contributed by atoms with Crippen molar-refractivity contribution >= 4 is 0 Å². The topological polar surface area (TPSA) is 54.2 Å². The van der Waals surface area contributed by atoms with Gasteiger partial charge < -0.3 is 10.0 Å². The van der Waals surface area contributed by atoms with E-state index < -0.39 is 0 Å². The first kappa shape index (κ1) is 16.7. The minimum Gasteiger partial charge on any atom is -0.392 e. The Morgan fingerprint density at radius 2 is 1.52 bits per heavy atom. The average Bonchev–Trinajstić information content (AvgIpc) is 3.25. The van der Waals surface area contributed by atoms with Gasteiger partial charge in [-0.15, -0.1) is 5.10 Å². The lowest BCUT2D eigenvalue weighted by atomic mass is 9.84. The van der Waals surface area contributed by atoms with E-state index in [4.69, 9.17) is 0 Å². The third kappa shape index (κ3) is 3.17. The van der Waals surface area contributed by atoms with Crippen molar-refractivity contribution < 1.29 is 5.11 Å². The Morgan fingerprint density at radius 1 is 0.889 bits per heavy atom. The standard InChI is InChI=1S/C22H24N4O/c27-15-16-1-3-17(4-2-16)18-5-7-19(8-6-18)21-13-26(24-23-21)22-14-25-11-9-20(22)10-12-25/h1-8,13,20,22,27H,9-12,14-15H2. The molecule has 3 aromatic rings. The van der Waals surface area contributed by atoms with Gasteiger partial charge in [0.25, 0.3) is 0 Å². The van der Waals surface area contributed by atoms with Crippen LogP contribution in [0.2, 0.25) is 0 Å². The summed E-state index contributed by atoms with van der Waals surface area (Å²) in [5.41, 5.74) is 5.27. The molecule has 0 saturated carbocycles. The van der Waals surface area contributed by atoms with Gasteiger partial charge in [0.05, 0.1) is 18.8 Å². The molecule has 27 heavy (non-hydrogen) atoms. The van der Waals surface area contributed by atoms with Crippen molar-refractivity contribution in [2.24, 2.45) is 5.92 Å². The van der Waals surface area contributed by atoms with E-state index in [9.17, 15) is 5.11 Å². The zero-order valence-corrected chi connectivity index (χ0v) is 15.3. The van der Waals surface area contributed by atoms with Crippen LogP contribution in [0.15, 0.2) is 54.7 Å². The number of aliphatic hydroxyl groups excluding tert-OH is 1. The van der Waals surface area contributed by atoms with Crippen LogP contribution in [0.4, 0.5) is 0 Å². The molecular weight excluding hydrogens is 336 g/mol. The van der Waals surface area contributed by atoms with Crippen LogP contribution in [-0.4, -0.2) is 44.6 Å². The van der Waals surface area contributed by atoms with Crippen LogP contribution in [0.5, 0.6) is 0 Å². The molecule has 0 spiro atoms. The number of fused-ring (bicyclic) bond motifs is 3. The summed E-state index contributed by atoms with van der Waals surface area (Å²) in [5, 5.41) is 18.1. The number of rotatable bonds is 4. The first-order chi connectivity index (χ1) is 13.3. The first-order valence-electron chi connectivity index (χ1n) is 9.75. The molecule has 138 valence electrons. The molecule has 3 aliphatic heterocycles. The smallest absolute Gasteiger partial charge is 0.113 e. The molecule has 3 fully saturated rings. The summed E-state index contributed by atoms with van der Waals surface area (Å²) in [6, 6.07) is 17.0. The van der Waals surface area contributed by atoms with Crippen molar-refractivity contribution in [3.63, 3.8) is 0 Å². The first-order valence-corrected chi connectivity index (χ1v) is 9.75. The molecule has 0 amide bonds. The highest BCUT2D eigenvalue weighted by atomic mass is 16.3. The number of aliphatic hydroxyl groups is 1. The molecule has 1 unspecified atom stereocenters. The van der Waals surface area contributed by atoms with Gasteiger partial charge in [0.1, 0.15) is 5.69 Å². The lowest BCUT2D eigenvalue weighted by Crippen LogP contribution is -2.48. The van der Waals surface area contributed by atoms with Crippen LogP contribution in [0.3, 0.4) is 0 Å². The zero-order chi connectivity index (χ0) is 18.2. The number of nitrogens with zero attached hydrogens (tertiary/aromatic N) is 4. The normalized spacial score (nSPS) is 24.3. The Labute approximate surface area is 159 Å². The maximum Gasteiger partial charge on any atom is 0.113 e. The molecule has 3 aliphatic rings. The molecule has 0 aliphatic carbocycles. The number of benzene rings is 2. The Bertz CT molecular complexity index is 908. The summed E-state index contributed by atoms with van der Waals surface area (Å²) >= 11 is 0. The SMILES string of the molecule is OCc1ccc(-c2ccc(-c3cn(C4CN5CCC4CC5)nn3)cc2)cc1. The van der Waals surface area contributed by atoms with Crippen LogP contribution >= 0.6 is 0 Å². The van der Waals surface area contributed by atoms with Gasteiger partial charge in [-0.05, 0) is 48.5 Å². The predicted molar refractivity (Wildman–Crippen MR) is 105 cm³/mol. The number of aromatic nitrogens is 3. The largest absolute Gasteiger partial charge is 0.392 e. The van der Waals surface area contributed by atoms with E-state index in [2.05, 4.69) is 50.4 Å². The van der Waals surface area contributed by atoms with Gasteiger partial charge in [0.15, 0.2) is 0 Å². The Morgan fingerprint density at radius 3 is 2.11 bits per heavy atom. The molecule has 5 nitrogen and oxygen atoms in total. The van der Waals surface area contributed by atoms with Crippen molar-refractivity contribution in [1.82, 2.24) is 19.9 Å². The lowest BCUT2D eigenvalue weighted by molar-refractivity contribution is 0.0504. The minimum atomic E-state index is 0.0779. The molecule has 1 aromatic heterocycles. The fraction of sp³-hybridized carbons (Fsp3) is 0.364. The summed E-state index contributed by atoms with van der Waals surface area (Å²) < 4.78 is 2.09. The highest BCUT2D eigenvalue weighted by molar-refractivity contribution is 5.68. The van der Waals surface area contributed by atoms with Crippen LogP contribution in [-0.2, 0) is 6.61 Å². The van der Waals surface area contributed by atoms with E-state index >= 15 is 0 Å². The average molecular weight is 360 g/mol. The lowest BCUT2D eigenvalue weighted by Gasteiger charge is -2.44. The van der Waals surface area contributed by atoms with E-state index in [1.54, 1.807) is 0 Å². The van der Waals surface area contributed by atoms with Gasteiger partial charge in [0, 0.05) is 12.1 Å². The molecule has 6 rings (SSSR count). The van der Waals surface area contributed by atoms with Gasteiger partial charge in [-0.25, -0.2) is 4.68 Å². The van der Waals surface area contributed by atoms with Crippen LogP contribution in [0.1, 0.15) is 24.4 Å². The van der Waals surface area contributed by atoms with Crippen molar-refractivity contribution in [2.45, 2.75) is 25.5 Å². The molecule has 0 radical (unpaired) electrons. The van der Waals surface area contributed by atoms with Crippen LogP contribution in [0.25, 0.3) is 22.4 Å². The fourth-order valence-corrected chi connectivity index (χ4v) is 4.44. The molecule has 3 saturated heterocycles. The van der Waals surface area contributed by atoms with Crippen molar-refractivity contribution in [3.8, 4) is 22.4 Å². The van der Waals surface area contributed by atoms with Gasteiger partial charge in [-0.3, -0.25) is 0 Å². The quantitative estimate of drug-likeness (QED) is 0.775. The van der Waals surface area contributed by atoms with Crippen molar-refractivity contribution in [1.29, 1.82) is 0 Å². The summed E-state index contributed by atoms with van der Waals surface area (Å²) in [4.78, 5) is 2.54. The second-order valence-corrected chi connectivity index (χ2v) is 7.72. The minimum absolute atomic E-state index is 0.0779. The van der Waals surface area contributed by atoms with E-state index in [0.717, 1.165) is 40.4 Å². The van der Waals surface area contributed by atoms with Gasteiger partial charge in [0.2, 0.25) is 0 Å².